The van der Waals surface area contributed by atoms with Crippen LogP contribution in [-0.2, 0) is 10.0 Å². The summed E-state index contributed by atoms with van der Waals surface area (Å²) in [5.41, 5.74) is 1.12. The van der Waals surface area contributed by atoms with Crippen molar-refractivity contribution in [3.8, 4) is 22.6 Å². The lowest BCUT2D eigenvalue weighted by atomic mass is 10.0. The Balaban J connectivity index is 2.72. The standard InChI is InChI=1S/C15H15NO6S/c1-21-12-8-14(23(16,19)20)13(22-2)7-11(12)9-4-3-5-10(6-9)15(17)18/h3-8H,1-2H3,(H,17,18)(H2,16,19,20). The van der Waals surface area contributed by atoms with E-state index in [1.807, 2.05) is 0 Å². The first-order valence-electron chi connectivity index (χ1n) is 6.40. The normalized spacial score (nSPS) is 11.1. The van der Waals surface area contributed by atoms with Gasteiger partial charge in [0.05, 0.1) is 19.8 Å². The molecule has 2 aromatic rings. The highest BCUT2D eigenvalue weighted by molar-refractivity contribution is 7.89. The molecule has 0 unspecified atom stereocenters. The van der Waals surface area contributed by atoms with Crippen molar-refractivity contribution in [2.24, 2.45) is 5.14 Å². The van der Waals surface area contributed by atoms with E-state index in [0.717, 1.165) is 0 Å². The number of aromatic carboxylic acids is 1. The number of benzene rings is 2. The summed E-state index contributed by atoms with van der Waals surface area (Å²) in [5.74, 6) is -0.791. The summed E-state index contributed by atoms with van der Waals surface area (Å²) in [7, 11) is -1.31. The molecule has 0 radical (unpaired) electrons. The molecule has 0 saturated heterocycles. The van der Waals surface area contributed by atoms with Gasteiger partial charge in [0.25, 0.3) is 0 Å². The zero-order chi connectivity index (χ0) is 17.2. The fourth-order valence-corrected chi connectivity index (χ4v) is 2.83. The molecule has 7 nitrogen and oxygen atoms in total. The average molecular weight is 337 g/mol. The monoisotopic (exact) mass is 337 g/mol. The van der Waals surface area contributed by atoms with Crippen LogP contribution < -0.4 is 14.6 Å². The highest BCUT2D eigenvalue weighted by atomic mass is 32.2. The van der Waals surface area contributed by atoms with Crippen LogP contribution in [-0.4, -0.2) is 33.7 Å². The van der Waals surface area contributed by atoms with Crippen LogP contribution in [0.1, 0.15) is 10.4 Å². The molecule has 8 heteroatoms. The number of methoxy groups -OCH3 is 2. The van der Waals surface area contributed by atoms with Gasteiger partial charge in [-0.05, 0) is 23.8 Å². The second kappa shape index (κ2) is 6.27. The highest BCUT2D eigenvalue weighted by Crippen LogP contribution is 2.38. The van der Waals surface area contributed by atoms with Gasteiger partial charge < -0.3 is 14.6 Å². The van der Waals surface area contributed by atoms with Crippen molar-refractivity contribution in [3.63, 3.8) is 0 Å². The zero-order valence-electron chi connectivity index (χ0n) is 12.4. The summed E-state index contributed by atoms with van der Waals surface area (Å²) >= 11 is 0. The highest BCUT2D eigenvalue weighted by Gasteiger charge is 2.20. The van der Waals surface area contributed by atoms with Gasteiger partial charge in [0.2, 0.25) is 10.0 Å². The lowest BCUT2D eigenvalue weighted by Gasteiger charge is -2.14. The van der Waals surface area contributed by atoms with Crippen LogP contribution in [0.2, 0.25) is 0 Å². The Labute approximate surface area is 133 Å². The molecule has 0 aromatic heterocycles. The van der Waals surface area contributed by atoms with Gasteiger partial charge >= 0.3 is 5.97 Å². The quantitative estimate of drug-likeness (QED) is 0.858. The van der Waals surface area contributed by atoms with Gasteiger partial charge in [-0.25, -0.2) is 18.4 Å². The third kappa shape index (κ3) is 3.43. The number of hydrogen-bond donors (Lipinski definition) is 2. The number of sulfonamides is 1. The summed E-state index contributed by atoms with van der Waals surface area (Å²) in [6, 6.07) is 8.86. The van der Waals surface area contributed by atoms with Gasteiger partial charge in [-0.3, -0.25) is 0 Å². The van der Waals surface area contributed by atoms with Crippen molar-refractivity contribution >= 4 is 16.0 Å². The van der Waals surface area contributed by atoms with E-state index in [9.17, 15) is 13.2 Å². The molecule has 0 heterocycles. The Kier molecular flexibility index (Phi) is 4.57. The third-order valence-corrected chi connectivity index (χ3v) is 4.14. The number of nitrogens with two attached hydrogens (primary N) is 1. The molecule has 2 aromatic carbocycles. The molecule has 0 bridgehead atoms. The summed E-state index contributed by atoms with van der Waals surface area (Å²) in [5, 5.41) is 14.3. The number of rotatable bonds is 5. The molecule has 0 aliphatic rings. The largest absolute Gasteiger partial charge is 0.496 e. The van der Waals surface area contributed by atoms with Crippen LogP contribution in [0, 0.1) is 0 Å². The Morgan fingerprint density at radius 2 is 1.74 bits per heavy atom. The first-order chi connectivity index (χ1) is 10.8. The topological polar surface area (TPSA) is 116 Å². The number of primary sulfonamides is 1. The molecule has 0 aliphatic heterocycles. The van der Waals surface area contributed by atoms with Crippen LogP contribution in [0.15, 0.2) is 41.3 Å². The number of carboxylic acid groups (broad SMARTS) is 1. The predicted octanol–water partition coefficient (Wildman–Crippen LogP) is 1.72. The van der Waals surface area contributed by atoms with Crippen molar-refractivity contribution in [2.45, 2.75) is 4.90 Å². The minimum Gasteiger partial charge on any atom is -0.496 e. The molecular weight excluding hydrogens is 322 g/mol. The Hall–Kier alpha value is -2.58. The van der Waals surface area contributed by atoms with E-state index in [1.165, 1.54) is 38.5 Å². The minimum absolute atomic E-state index is 0.0454. The van der Waals surface area contributed by atoms with E-state index in [4.69, 9.17) is 19.7 Å². The second-order valence-electron chi connectivity index (χ2n) is 4.63. The van der Waals surface area contributed by atoms with Crippen LogP contribution in [0.5, 0.6) is 11.5 Å². The van der Waals surface area contributed by atoms with Crippen LogP contribution in [0.25, 0.3) is 11.1 Å². The summed E-state index contributed by atoms with van der Waals surface area (Å²) in [4.78, 5) is 10.9. The molecule has 0 saturated carbocycles. The maximum absolute atomic E-state index is 11.6. The van der Waals surface area contributed by atoms with Crippen molar-refractivity contribution in [2.75, 3.05) is 14.2 Å². The molecule has 0 fully saturated rings. The van der Waals surface area contributed by atoms with Gasteiger partial charge in [-0.2, -0.15) is 0 Å². The van der Waals surface area contributed by atoms with Gasteiger partial charge in [0, 0.05) is 11.6 Å². The minimum atomic E-state index is -4.00. The first kappa shape index (κ1) is 16.8. The molecule has 0 amide bonds. The molecule has 0 aliphatic carbocycles. The SMILES string of the molecule is COc1cc(S(N)(=O)=O)c(OC)cc1-c1cccc(C(=O)O)c1. The van der Waals surface area contributed by atoms with Gasteiger partial charge in [0.1, 0.15) is 16.4 Å². The molecule has 23 heavy (non-hydrogen) atoms. The van der Waals surface area contributed by atoms with E-state index < -0.39 is 16.0 Å². The van der Waals surface area contributed by atoms with E-state index in [0.29, 0.717) is 11.1 Å². The number of ether oxygens (including phenoxy) is 2. The van der Waals surface area contributed by atoms with Gasteiger partial charge in [-0.15, -0.1) is 0 Å². The fraction of sp³-hybridized carbons (Fsp3) is 0.133. The van der Waals surface area contributed by atoms with E-state index in [-0.39, 0.29) is 22.0 Å². The lowest BCUT2D eigenvalue weighted by Crippen LogP contribution is -2.14. The number of carbonyl (C=O) groups is 1. The lowest BCUT2D eigenvalue weighted by molar-refractivity contribution is 0.0697. The Morgan fingerprint density at radius 3 is 2.26 bits per heavy atom. The maximum Gasteiger partial charge on any atom is 0.335 e. The zero-order valence-corrected chi connectivity index (χ0v) is 13.3. The Bertz CT molecular complexity index is 860. The molecule has 3 N–H and O–H groups in total. The smallest absolute Gasteiger partial charge is 0.335 e. The summed E-state index contributed by atoms with van der Waals surface area (Å²) < 4.78 is 33.6. The molecular formula is C15H15NO6S. The van der Waals surface area contributed by atoms with Crippen LogP contribution in [0.3, 0.4) is 0 Å². The van der Waals surface area contributed by atoms with Crippen LogP contribution >= 0.6 is 0 Å². The fourth-order valence-electron chi connectivity index (χ4n) is 2.14. The average Bonchev–Trinajstić information content (AvgIpc) is 2.52. The Morgan fingerprint density at radius 1 is 1.09 bits per heavy atom. The van der Waals surface area contributed by atoms with Crippen LogP contribution in [0.4, 0.5) is 0 Å². The van der Waals surface area contributed by atoms with Gasteiger partial charge in [0.15, 0.2) is 0 Å². The molecule has 0 spiro atoms. The molecule has 122 valence electrons. The third-order valence-electron chi connectivity index (χ3n) is 3.21. The van der Waals surface area contributed by atoms with Crippen molar-refractivity contribution in [3.05, 3.63) is 42.0 Å². The first-order valence-corrected chi connectivity index (χ1v) is 7.95. The number of carboxylic acids is 1. The second-order valence-corrected chi connectivity index (χ2v) is 6.16. The van der Waals surface area contributed by atoms with E-state index in [1.54, 1.807) is 12.1 Å². The summed E-state index contributed by atoms with van der Waals surface area (Å²) in [6.45, 7) is 0. The number of hydrogen-bond acceptors (Lipinski definition) is 5. The van der Waals surface area contributed by atoms with E-state index >= 15 is 0 Å². The van der Waals surface area contributed by atoms with Crippen molar-refractivity contribution < 1.29 is 27.8 Å². The van der Waals surface area contributed by atoms with E-state index in [2.05, 4.69) is 0 Å². The van der Waals surface area contributed by atoms with Crippen molar-refractivity contribution in [1.82, 2.24) is 0 Å². The maximum atomic E-state index is 11.6. The summed E-state index contributed by atoms with van der Waals surface area (Å²) in [6.07, 6.45) is 0. The van der Waals surface area contributed by atoms with Crippen molar-refractivity contribution in [1.29, 1.82) is 0 Å². The van der Waals surface area contributed by atoms with Gasteiger partial charge in [-0.1, -0.05) is 12.1 Å². The predicted molar refractivity (Wildman–Crippen MR) is 83.3 cm³/mol. The molecule has 2 rings (SSSR count). The molecule has 0 atom stereocenters.